The third-order valence-corrected chi connectivity index (χ3v) is 5.75. The Morgan fingerprint density at radius 2 is 1.26 bits per heavy atom. The maximum atomic E-state index is 10.00. The molecule has 1 radical (unpaired) electrons. The molecular weight excluding hydrogens is 633 g/mol. The number of benzene rings is 4. The summed E-state index contributed by atoms with van der Waals surface area (Å²) >= 11 is 0. The number of aliphatic hydroxyl groups excluding tert-OH is 1. The van der Waals surface area contributed by atoms with Crippen molar-refractivity contribution in [2.75, 3.05) is 12.3 Å². The van der Waals surface area contributed by atoms with Crippen LogP contribution in [0, 0.1) is 44.1 Å². The van der Waals surface area contributed by atoms with E-state index in [2.05, 4.69) is 47.0 Å². The standard InChI is InChI=1S/C29H25N3O.Ac/c30-24-15-9-14-23(20-24)25-16-7-8-17-26(25)29-31-27(21-10-3-1-4-11-21)28(32(29)18-19-33)22-12-5-2-6-13-22;/h1-17,20,33H,18-19,30H2;. The van der Waals surface area contributed by atoms with E-state index in [1.807, 2.05) is 66.7 Å². The first-order valence-electron chi connectivity index (χ1n) is 11.0. The first-order valence-corrected chi connectivity index (χ1v) is 11.0. The van der Waals surface area contributed by atoms with Crippen LogP contribution in [0.25, 0.3) is 45.0 Å². The van der Waals surface area contributed by atoms with E-state index in [0.717, 1.165) is 50.7 Å². The summed E-state index contributed by atoms with van der Waals surface area (Å²) < 4.78 is 2.13. The van der Waals surface area contributed by atoms with Gasteiger partial charge in [0.2, 0.25) is 0 Å². The summed E-state index contributed by atoms with van der Waals surface area (Å²) in [4.78, 5) is 5.17. The van der Waals surface area contributed by atoms with Crippen molar-refractivity contribution in [1.29, 1.82) is 0 Å². The Morgan fingerprint density at radius 1 is 0.676 bits per heavy atom. The molecular formula is C29H25AcN3O. The molecule has 0 bridgehead atoms. The number of hydrogen-bond acceptors (Lipinski definition) is 3. The molecule has 0 saturated carbocycles. The Labute approximate surface area is 235 Å². The number of hydrogen-bond donors (Lipinski definition) is 2. The van der Waals surface area contributed by atoms with Gasteiger partial charge in [-0.15, -0.1) is 0 Å². The second-order valence-corrected chi connectivity index (χ2v) is 7.91. The van der Waals surface area contributed by atoms with Gasteiger partial charge in [0.15, 0.2) is 0 Å². The molecule has 0 aliphatic heterocycles. The SMILES string of the molecule is Nc1cccc(-c2ccccc2-c2nc(-c3ccccc3)c(-c3ccccc3)n2CCO)c1.[Ac]. The van der Waals surface area contributed by atoms with E-state index in [-0.39, 0.29) is 50.7 Å². The number of nitrogens with two attached hydrogens (primary N) is 1. The third-order valence-electron chi connectivity index (χ3n) is 5.75. The van der Waals surface area contributed by atoms with Crippen LogP contribution in [-0.2, 0) is 6.54 Å². The Kier molecular flexibility index (Phi) is 8.00. The molecule has 1 heterocycles. The molecule has 0 amide bonds. The average Bonchev–Trinajstić information content (AvgIpc) is 3.24. The van der Waals surface area contributed by atoms with Crippen molar-refractivity contribution in [2.24, 2.45) is 0 Å². The van der Waals surface area contributed by atoms with Crippen LogP contribution in [0.3, 0.4) is 0 Å². The van der Waals surface area contributed by atoms with Crippen molar-refractivity contribution < 1.29 is 49.2 Å². The Morgan fingerprint density at radius 3 is 1.91 bits per heavy atom. The van der Waals surface area contributed by atoms with E-state index in [4.69, 9.17) is 10.7 Å². The zero-order valence-electron chi connectivity index (χ0n) is 18.8. The minimum atomic E-state index is 0. The molecule has 0 unspecified atom stereocenters. The van der Waals surface area contributed by atoms with Gasteiger partial charge in [0.25, 0.3) is 0 Å². The van der Waals surface area contributed by atoms with Crippen LogP contribution in [0.15, 0.2) is 109 Å². The van der Waals surface area contributed by atoms with Crippen molar-refractivity contribution in [3.63, 3.8) is 0 Å². The minimum Gasteiger partial charge on any atom is -0.399 e. The Bertz CT molecular complexity index is 1380. The normalized spacial score (nSPS) is 10.6. The first kappa shape index (κ1) is 24.4. The molecule has 0 spiro atoms. The molecule has 0 fully saturated rings. The fourth-order valence-corrected chi connectivity index (χ4v) is 4.30. The summed E-state index contributed by atoms with van der Waals surface area (Å²) in [5, 5.41) is 10.00. The molecule has 3 N–H and O–H groups in total. The van der Waals surface area contributed by atoms with Gasteiger partial charge in [-0.25, -0.2) is 4.98 Å². The van der Waals surface area contributed by atoms with Crippen LogP contribution in [0.5, 0.6) is 0 Å². The third kappa shape index (κ3) is 4.88. The van der Waals surface area contributed by atoms with Crippen LogP contribution >= 0.6 is 0 Å². The number of nitrogen functional groups attached to an aromatic ring is 1. The summed E-state index contributed by atoms with van der Waals surface area (Å²) in [5.74, 6) is 0.819. The number of imidazole rings is 1. The van der Waals surface area contributed by atoms with Gasteiger partial charge in [-0.1, -0.05) is 97.1 Å². The summed E-state index contributed by atoms with van der Waals surface area (Å²) in [6.07, 6.45) is 0. The Balaban J connectivity index is 0.00000274. The van der Waals surface area contributed by atoms with E-state index in [0.29, 0.717) is 6.54 Å². The van der Waals surface area contributed by atoms with Crippen LogP contribution in [0.4, 0.5) is 5.69 Å². The van der Waals surface area contributed by atoms with E-state index in [1.165, 1.54) is 0 Å². The number of anilines is 1. The topological polar surface area (TPSA) is 64.1 Å². The van der Waals surface area contributed by atoms with Crippen molar-refractivity contribution in [2.45, 2.75) is 6.54 Å². The molecule has 5 rings (SSSR count). The molecule has 165 valence electrons. The molecule has 0 saturated heterocycles. The fraction of sp³-hybridized carbons (Fsp3) is 0.0690. The van der Waals surface area contributed by atoms with Gasteiger partial charge in [0, 0.05) is 73.0 Å². The predicted molar refractivity (Wildman–Crippen MR) is 135 cm³/mol. The number of rotatable bonds is 6. The summed E-state index contributed by atoms with van der Waals surface area (Å²) in [7, 11) is 0. The molecule has 1 aromatic heterocycles. The van der Waals surface area contributed by atoms with Gasteiger partial charge in [0.1, 0.15) is 5.82 Å². The smallest absolute Gasteiger partial charge is 0.141 e. The van der Waals surface area contributed by atoms with Gasteiger partial charge in [0.05, 0.1) is 18.0 Å². The van der Waals surface area contributed by atoms with Gasteiger partial charge in [-0.3, -0.25) is 0 Å². The largest absolute Gasteiger partial charge is 0.399 e. The predicted octanol–water partition coefficient (Wildman–Crippen LogP) is 6.13. The average molecular weight is 659 g/mol. The maximum absolute atomic E-state index is 10.00. The van der Waals surface area contributed by atoms with Crippen LogP contribution in [0.1, 0.15) is 0 Å². The van der Waals surface area contributed by atoms with E-state index in [1.54, 1.807) is 0 Å². The zero-order valence-corrected chi connectivity index (χ0v) is 23.5. The molecule has 0 aliphatic carbocycles. The van der Waals surface area contributed by atoms with Crippen molar-refractivity contribution in [3.8, 4) is 45.0 Å². The molecule has 5 aromatic rings. The summed E-state index contributed by atoms with van der Waals surface area (Å²) in [5.41, 5.74) is 13.9. The van der Waals surface area contributed by atoms with Crippen molar-refractivity contribution >= 4 is 5.69 Å². The Hall–Kier alpha value is -2.71. The van der Waals surface area contributed by atoms with E-state index < -0.39 is 0 Å². The van der Waals surface area contributed by atoms with Crippen LogP contribution in [0.2, 0.25) is 0 Å². The van der Waals surface area contributed by atoms with Crippen molar-refractivity contribution in [3.05, 3.63) is 109 Å². The number of aliphatic hydroxyl groups is 1. The van der Waals surface area contributed by atoms with Crippen molar-refractivity contribution in [1.82, 2.24) is 9.55 Å². The molecule has 34 heavy (non-hydrogen) atoms. The molecule has 0 aliphatic rings. The van der Waals surface area contributed by atoms with E-state index in [9.17, 15) is 5.11 Å². The first-order chi connectivity index (χ1) is 16.3. The van der Waals surface area contributed by atoms with Gasteiger partial charge in [-0.2, -0.15) is 0 Å². The maximum Gasteiger partial charge on any atom is 0.141 e. The van der Waals surface area contributed by atoms with Gasteiger partial charge >= 0.3 is 0 Å². The second-order valence-electron chi connectivity index (χ2n) is 7.91. The van der Waals surface area contributed by atoms with E-state index >= 15 is 0 Å². The van der Waals surface area contributed by atoms with Crippen LogP contribution < -0.4 is 5.73 Å². The monoisotopic (exact) mass is 658 g/mol. The summed E-state index contributed by atoms with van der Waals surface area (Å²) in [6, 6.07) is 36.6. The molecule has 0 atom stereocenters. The molecule has 4 aromatic carbocycles. The molecule has 5 heteroatoms. The summed E-state index contributed by atoms with van der Waals surface area (Å²) in [6.45, 7) is 0.447. The van der Waals surface area contributed by atoms with Crippen LogP contribution in [-0.4, -0.2) is 21.3 Å². The molecule has 4 nitrogen and oxygen atoms in total. The van der Waals surface area contributed by atoms with Gasteiger partial charge < -0.3 is 15.4 Å². The van der Waals surface area contributed by atoms with Gasteiger partial charge in [-0.05, 0) is 23.3 Å². The zero-order chi connectivity index (χ0) is 22.6. The number of nitrogens with zero attached hydrogens (tertiary/aromatic N) is 2. The fourth-order valence-electron chi connectivity index (χ4n) is 4.30. The number of aromatic nitrogens is 2. The quantitative estimate of drug-likeness (QED) is 0.216. The minimum absolute atomic E-state index is 0. The second kappa shape index (κ2) is 11.1.